The van der Waals surface area contributed by atoms with Crippen molar-refractivity contribution in [3.05, 3.63) is 23.4 Å². The standard InChI is InChI=1S/C17H27N3O3/c1-12-10-14(13(2)21)11-18-15(12)19-6-8-20(9-7-19)16(22)23-17(3,4)5/h10-11,13,21H,6-9H2,1-5H3/t13-/m1/s1. The highest BCUT2D eigenvalue weighted by molar-refractivity contribution is 5.68. The summed E-state index contributed by atoms with van der Waals surface area (Å²) in [7, 11) is 0. The van der Waals surface area contributed by atoms with Gasteiger partial charge in [-0.2, -0.15) is 0 Å². The van der Waals surface area contributed by atoms with Gasteiger partial charge in [0.05, 0.1) is 6.10 Å². The van der Waals surface area contributed by atoms with E-state index >= 15 is 0 Å². The van der Waals surface area contributed by atoms with Crippen LogP contribution in [0.3, 0.4) is 0 Å². The van der Waals surface area contributed by atoms with Crippen molar-refractivity contribution in [1.29, 1.82) is 0 Å². The smallest absolute Gasteiger partial charge is 0.410 e. The third-order valence-corrected chi connectivity index (χ3v) is 3.79. The maximum absolute atomic E-state index is 12.1. The van der Waals surface area contributed by atoms with Gasteiger partial charge in [0, 0.05) is 32.4 Å². The Labute approximate surface area is 138 Å². The SMILES string of the molecule is Cc1cc([C@@H](C)O)cnc1N1CCN(C(=O)OC(C)(C)C)CC1. The second kappa shape index (κ2) is 6.74. The fraction of sp³-hybridized carbons (Fsp3) is 0.647. The van der Waals surface area contributed by atoms with Crippen molar-refractivity contribution in [2.45, 2.75) is 46.3 Å². The number of aromatic nitrogens is 1. The summed E-state index contributed by atoms with van der Waals surface area (Å²) in [6, 6.07) is 1.97. The lowest BCUT2D eigenvalue weighted by Gasteiger charge is -2.36. The summed E-state index contributed by atoms with van der Waals surface area (Å²) in [4.78, 5) is 20.5. The normalized spacial score (nSPS) is 17.1. The van der Waals surface area contributed by atoms with E-state index in [1.165, 1.54) is 0 Å². The van der Waals surface area contributed by atoms with Gasteiger partial charge in [-0.25, -0.2) is 9.78 Å². The van der Waals surface area contributed by atoms with Gasteiger partial charge in [-0.15, -0.1) is 0 Å². The molecular weight excluding hydrogens is 294 g/mol. The number of hydrogen-bond acceptors (Lipinski definition) is 5. The number of hydrogen-bond donors (Lipinski definition) is 1. The highest BCUT2D eigenvalue weighted by atomic mass is 16.6. The molecule has 0 radical (unpaired) electrons. The van der Waals surface area contributed by atoms with E-state index in [0.29, 0.717) is 13.1 Å². The Morgan fingerprint density at radius 3 is 2.39 bits per heavy atom. The number of rotatable bonds is 2. The molecular formula is C17H27N3O3. The molecule has 0 aromatic carbocycles. The molecule has 0 saturated carbocycles. The predicted octanol–water partition coefficient (Wildman–Crippen LogP) is 2.50. The van der Waals surface area contributed by atoms with Gasteiger partial charge < -0.3 is 19.6 Å². The molecule has 1 fully saturated rings. The van der Waals surface area contributed by atoms with E-state index in [4.69, 9.17) is 4.74 Å². The molecule has 0 bridgehead atoms. The van der Waals surface area contributed by atoms with Crippen molar-refractivity contribution in [3.63, 3.8) is 0 Å². The van der Waals surface area contributed by atoms with Crippen molar-refractivity contribution in [1.82, 2.24) is 9.88 Å². The van der Waals surface area contributed by atoms with E-state index in [9.17, 15) is 9.90 Å². The summed E-state index contributed by atoms with van der Waals surface area (Å²) in [6.07, 6.45) is 0.943. The largest absolute Gasteiger partial charge is 0.444 e. The maximum atomic E-state index is 12.1. The van der Waals surface area contributed by atoms with Crippen LogP contribution in [-0.2, 0) is 4.74 Å². The van der Waals surface area contributed by atoms with E-state index < -0.39 is 11.7 Å². The summed E-state index contributed by atoms with van der Waals surface area (Å²) in [5.74, 6) is 0.915. The first kappa shape index (κ1) is 17.5. The monoisotopic (exact) mass is 321 g/mol. The van der Waals surface area contributed by atoms with Crippen LogP contribution >= 0.6 is 0 Å². The Morgan fingerprint density at radius 2 is 1.91 bits per heavy atom. The average molecular weight is 321 g/mol. The number of aryl methyl sites for hydroxylation is 1. The van der Waals surface area contributed by atoms with E-state index in [1.807, 2.05) is 33.8 Å². The molecule has 0 aliphatic carbocycles. The third-order valence-electron chi connectivity index (χ3n) is 3.79. The van der Waals surface area contributed by atoms with Crippen LogP contribution in [0.1, 0.15) is 44.9 Å². The van der Waals surface area contributed by atoms with E-state index in [2.05, 4.69) is 9.88 Å². The van der Waals surface area contributed by atoms with E-state index in [-0.39, 0.29) is 6.09 Å². The molecule has 1 saturated heterocycles. The Balaban J connectivity index is 1.98. The first-order chi connectivity index (χ1) is 10.7. The van der Waals surface area contributed by atoms with Gasteiger partial charge in [-0.1, -0.05) is 0 Å². The minimum Gasteiger partial charge on any atom is -0.444 e. The number of anilines is 1. The number of aliphatic hydroxyl groups is 1. The van der Waals surface area contributed by atoms with Gasteiger partial charge in [-0.05, 0) is 51.8 Å². The van der Waals surface area contributed by atoms with Gasteiger partial charge >= 0.3 is 6.09 Å². The molecule has 1 amide bonds. The number of carbonyl (C=O) groups excluding carboxylic acids is 1. The highest BCUT2D eigenvalue weighted by Gasteiger charge is 2.26. The number of carbonyl (C=O) groups is 1. The van der Waals surface area contributed by atoms with Gasteiger partial charge in [0.1, 0.15) is 11.4 Å². The lowest BCUT2D eigenvalue weighted by molar-refractivity contribution is 0.0240. The van der Waals surface area contributed by atoms with Crippen molar-refractivity contribution in [2.24, 2.45) is 0 Å². The quantitative estimate of drug-likeness (QED) is 0.906. The highest BCUT2D eigenvalue weighted by Crippen LogP contribution is 2.22. The molecule has 2 rings (SSSR count). The number of amides is 1. The number of aliphatic hydroxyl groups excluding tert-OH is 1. The lowest BCUT2D eigenvalue weighted by Crippen LogP contribution is -2.50. The topological polar surface area (TPSA) is 65.9 Å². The van der Waals surface area contributed by atoms with E-state index in [0.717, 1.165) is 30.0 Å². The molecule has 6 nitrogen and oxygen atoms in total. The van der Waals surface area contributed by atoms with Crippen molar-refractivity contribution in [2.75, 3.05) is 31.1 Å². The molecule has 1 aromatic rings. The minimum absolute atomic E-state index is 0.258. The van der Waals surface area contributed by atoms with Crippen LogP contribution in [0.2, 0.25) is 0 Å². The van der Waals surface area contributed by atoms with E-state index in [1.54, 1.807) is 18.0 Å². The molecule has 128 valence electrons. The summed E-state index contributed by atoms with van der Waals surface area (Å²) in [6.45, 7) is 12.0. The molecule has 0 spiro atoms. The van der Waals surface area contributed by atoms with Crippen LogP contribution in [0, 0.1) is 6.92 Å². The predicted molar refractivity (Wildman–Crippen MR) is 89.6 cm³/mol. The number of ether oxygens (including phenoxy) is 1. The van der Waals surface area contributed by atoms with Gasteiger partial charge in [0.25, 0.3) is 0 Å². The fourth-order valence-electron chi connectivity index (χ4n) is 2.58. The van der Waals surface area contributed by atoms with Crippen molar-refractivity contribution in [3.8, 4) is 0 Å². The maximum Gasteiger partial charge on any atom is 0.410 e. The van der Waals surface area contributed by atoms with Crippen LogP contribution in [0.15, 0.2) is 12.3 Å². The van der Waals surface area contributed by atoms with Crippen LogP contribution in [0.25, 0.3) is 0 Å². The van der Waals surface area contributed by atoms with Crippen LogP contribution in [0.4, 0.5) is 10.6 Å². The van der Waals surface area contributed by atoms with Gasteiger partial charge in [0.15, 0.2) is 0 Å². The second-order valence-corrected chi connectivity index (χ2v) is 7.04. The number of piperazine rings is 1. The van der Waals surface area contributed by atoms with Crippen molar-refractivity contribution < 1.29 is 14.6 Å². The average Bonchev–Trinajstić information content (AvgIpc) is 2.45. The first-order valence-electron chi connectivity index (χ1n) is 8.05. The Bertz CT molecular complexity index is 559. The summed E-state index contributed by atoms with van der Waals surface area (Å²) in [5.41, 5.74) is 1.39. The minimum atomic E-state index is -0.515. The Hall–Kier alpha value is -1.82. The number of nitrogens with zero attached hydrogens (tertiary/aromatic N) is 3. The summed E-state index contributed by atoms with van der Waals surface area (Å²) in [5, 5.41) is 9.63. The zero-order valence-corrected chi connectivity index (χ0v) is 14.7. The molecule has 1 aromatic heterocycles. The number of pyridine rings is 1. The fourth-order valence-corrected chi connectivity index (χ4v) is 2.58. The summed E-state index contributed by atoms with van der Waals surface area (Å²) >= 11 is 0. The molecule has 1 aliphatic rings. The van der Waals surface area contributed by atoms with Gasteiger partial charge in [0.2, 0.25) is 0 Å². The zero-order valence-electron chi connectivity index (χ0n) is 14.7. The van der Waals surface area contributed by atoms with Gasteiger partial charge in [-0.3, -0.25) is 0 Å². The van der Waals surface area contributed by atoms with Crippen LogP contribution < -0.4 is 4.90 Å². The van der Waals surface area contributed by atoms with Crippen molar-refractivity contribution >= 4 is 11.9 Å². The molecule has 6 heteroatoms. The molecule has 2 heterocycles. The molecule has 0 unspecified atom stereocenters. The van der Waals surface area contributed by atoms with Crippen LogP contribution in [-0.4, -0.2) is 52.9 Å². The molecule has 1 atom stereocenters. The second-order valence-electron chi connectivity index (χ2n) is 7.04. The molecule has 23 heavy (non-hydrogen) atoms. The molecule has 1 aliphatic heterocycles. The zero-order chi connectivity index (χ0) is 17.2. The Kier molecular flexibility index (Phi) is 5.14. The summed E-state index contributed by atoms with van der Waals surface area (Å²) < 4.78 is 5.41. The lowest BCUT2D eigenvalue weighted by atomic mass is 10.1. The first-order valence-corrected chi connectivity index (χ1v) is 8.05. The van der Waals surface area contributed by atoms with Crippen LogP contribution in [0.5, 0.6) is 0 Å². The molecule has 1 N–H and O–H groups in total. The third kappa shape index (κ3) is 4.58. The Morgan fingerprint density at radius 1 is 1.30 bits per heavy atom.